The lowest BCUT2D eigenvalue weighted by Gasteiger charge is -2.02. The monoisotopic (exact) mass is 457 g/mol. The molecule has 0 heterocycles. The molecule has 0 aromatic heterocycles. The van der Waals surface area contributed by atoms with Gasteiger partial charge in [0.05, 0.1) is 24.1 Å². The Labute approximate surface area is 191 Å². The number of anilines is 1. The van der Waals surface area contributed by atoms with Gasteiger partial charge < -0.3 is 20.3 Å². The van der Waals surface area contributed by atoms with Crippen LogP contribution in [0.15, 0.2) is 54.6 Å². The third-order valence-corrected chi connectivity index (χ3v) is 4.45. The Bertz CT molecular complexity index is 1120. The zero-order valence-corrected chi connectivity index (χ0v) is 19.1. The van der Waals surface area contributed by atoms with Crippen molar-refractivity contribution in [2.75, 3.05) is 20.0 Å². The van der Waals surface area contributed by atoms with E-state index in [4.69, 9.17) is 20.3 Å². The predicted octanol–water partition coefficient (Wildman–Crippen LogP) is 5.11. The number of ether oxygens (including phenoxy) is 2. The van der Waals surface area contributed by atoms with Crippen molar-refractivity contribution in [1.82, 2.24) is 0 Å². The molecule has 0 saturated heterocycles. The maximum atomic E-state index is 10.4. The Hall–Kier alpha value is -4.34. The first-order chi connectivity index (χ1) is 15.5. The van der Waals surface area contributed by atoms with Crippen LogP contribution in [0.2, 0.25) is 0 Å². The van der Waals surface area contributed by atoms with Crippen molar-refractivity contribution in [2.24, 2.45) is 0 Å². The van der Waals surface area contributed by atoms with Crippen LogP contribution in [0.25, 0.3) is 0 Å². The van der Waals surface area contributed by atoms with Crippen LogP contribution < -0.4 is 15.2 Å². The van der Waals surface area contributed by atoms with Crippen molar-refractivity contribution >= 4 is 17.1 Å². The zero-order chi connectivity index (χ0) is 25.1. The number of phenols is 1. The van der Waals surface area contributed by atoms with Gasteiger partial charge in [-0.25, -0.2) is 0 Å². The Morgan fingerprint density at radius 2 is 1.15 bits per heavy atom. The summed E-state index contributed by atoms with van der Waals surface area (Å²) in [5.74, 6) is 1.54. The van der Waals surface area contributed by atoms with E-state index in [-0.39, 0.29) is 17.1 Å². The van der Waals surface area contributed by atoms with E-state index >= 15 is 0 Å². The lowest BCUT2D eigenvalue weighted by molar-refractivity contribution is -0.385. The van der Waals surface area contributed by atoms with Crippen molar-refractivity contribution in [1.29, 1.82) is 0 Å². The van der Waals surface area contributed by atoms with Crippen LogP contribution >= 0.6 is 0 Å². The van der Waals surface area contributed by atoms with E-state index in [0.717, 1.165) is 17.0 Å². The second-order valence-electron chi connectivity index (χ2n) is 6.86. The van der Waals surface area contributed by atoms with Crippen LogP contribution in [0.4, 0.5) is 17.1 Å². The van der Waals surface area contributed by atoms with Crippen molar-refractivity contribution < 1.29 is 24.4 Å². The van der Waals surface area contributed by atoms with Crippen LogP contribution in [0.1, 0.15) is 16.7 Å². The lowest BCUT2D eigenvalue weighted by atomic mass is 10.2. The molecular formula is C23H27N3O7. The second-order valence-corrected chi connectivity index (χ2v) is 6.86. The standard InChI is InChI=1S/C8H9NO3.C8H11NO.C7H7NO3/c1-6-5-7(12-2)3-4-8(6)9(10)11;1-6-5-7(10-2)3-4-8(6)9;1-5-4-6(9)2-3-7(5)8(10)11/h3-5H,1-2H3;3-5H,9H2,1-2H3;2-4,9H,1H3. The van der Waals surface area contributed by atoms with E-state index in [1.807, 2.05) is 25.1 Å². The topological polar surface area (TPSA) is 151 Å². The highest BCUT2D eigenvalue weighted by Gasteiger charge is 2.10. The average molecular weight is 457 g/mol. The molecule has 0 saturated carbocycles. The van der Waals surface area contributed by atoms with Crippen molar-refractivity contribution in [3.63, 3.8) is 0 Å². The minimum atomic E-state index is -0.477. The Balaban J connectivity index is 0.000000249. The molecule has 0 aliphatic carbocycles. The number of nitrogen functional groups attached to an aromatic ring is 1. The molecule has 0 aliphatic heterocycles. The van der Waals surface area contributed by atoms with E-state index in [1.54, 1.807) is 33.1 Å². The number of methoxy groups -OCH3 is 2. The summed E-state index contributed by atoms with van der Waals surface area (Å²) in [5, 5.41) is 29.5. The number of hydrogen-bond acceptors (Lipinski definition) is 8. The number of aromatic hydroxyl groups is 1. The number of benzene rings is 3. The van der Waals surface area contributed by atoms with Crippen LogP contribution in [-0.4, -0.2) is 29.2 Å². The largest absolute Gasteiger partial charge is 0.508 e. The molecule has 176 valence electrons. The number of aryl methyl sites for hydroxylation is 3. The first kappa shape index (κ1) is 26.7. The van der Waals surface area contributed by atoms with Gasteiger partial charge in [-0.05, 0) is 68.8 Å². The van der Waals surface area contributed by atoms with Crippen LogP contribution in [0.3, 0.4) is 0 Å². The summed E-state index contributed by atoms with van der Waals surface area (Å²) in [6, 6.07) is 14.2. The molecule has 3 N–H and O–H groups in total. The Morgan fingerprint density at radius 3 is 1.55 bits per heavy atom. The van der Waals surface area contributed by atoms with E-state index in [9.17, 15) is 20.2 Å². The summed E-state index contributed by atoms with van der Waals surface area (Å²) in [4.78, 5) is 19.8. The summed E-state index contributed by atoms with van der Waals surface area (Å²) >= 11 is 0. The Morgan fingerprint density at radius 1 is 0.727 bits per heavy atom. The van der Waals surface area contributed by atoms with Gasteiger partial charge in [-0.3, -0.25) is 20.2 Å². The fraction of sp³-hybridized carbons (Fsp3) is 0.217. The molecule has 0 atom stereocenters. The van der Waals surface area contributed by atoms with Gasteiger partial charge >= 0.3 is 0 Å². The number of hydrogen-bond donors (Lipinski definition) is 2. The molecule has 0 aliphatic rings. The van der Waals surface area contributed by atoms with E-state index < -0.39 is 9.85 Å². The predicted molar refractivity (Wildman–Crippen MR) is 126 cm³/mol. The summed E-state index contributed by atoms with van der Waals surface area (Å²) in [6.07, 6.45) is 0. The normalized spacial score (nSPS) is 9.48. The third kappa shape index (κ3) is 8.37. The summed E-state index contributed by atoms with van der Waals surface area (Å²) < 4.78 is 9.90. The van der Waals surface area contributed by atoms with Crippen LogP contribution in [-0.2, 0) is 0 Å². The minimum Gasteiger partial charge on any atom is -0.508 e. The number of nitrogens with two attached hydrogens (primary N) is 1. The molecular weight excluding hydrogens is 430 g/mol. The summed E-state index contributed by atoms with van der Waals surface area (Å²) in [7, 11) is 3.17. The van der Waals surface area contributed by atoms with Crippen molar-refractivity contribution in [2.45, 2.75) is 20.8 Å². The van der Waals surface area contributed by atoms with E-state index in [2.05, 4.69) is 0 Å². The Kier molecular flexibility index (Phi) is 10.1. The summed E-state index contributed by atoms with van der Waals surface area (Å²) in [5.41, 5.74) is 8.68. The maximum Gasteiger partial charge on any atom is 0.272 e. The molecule has 3 rings (SSSR count). The van der Waals surface area contributed by atoms with E-state index in [0.29, 0.717) is 16.9 Å². The van der Waals surface area contributed by atoms with Gasteiger partial charge in [-0.1, -0.05) is 0 Å². The van der Waals surface area contributed by atoms with Gasteiger partial charge in [0.2, 0.25) is 0 Å². The maximum absolute atomic E-state index is 10.4. The molecule has 0 spiro atoms. The molecule has 0 fully saturated rings. The van der Waals surface area contributed by atoms with Gasteiger partial charge in [0.25, 0.3) is 11.4 Å². The van der Waals surface area contributed by atoms with Gasteiger partial charge in [-0.2, -0.15) is 0 Å². The van der Waals surface area contributed by atoms with Gasteiger partial charge in [-0.15, -0.1) is 0 Å². The molecule has 0 bridgehead atoms. The van der Waals surface area contributed by atoms with Crippen molar-refractivity contribution in [3.05, 3.63) is 91.5 Å². The highest BCUT2D eigenvalue weighted by Crippen LogP contribution is 2.23. The van der Waals surface area contributed by atoms with Gasteiger partial charge in [0.1, 0.15) is 17.2 Å². The number of nitro benzene ring substituents is 2. The highest BCUT2D eigenvalue weighted by molar-refractivity contribution is 5.49. The van der Waals surface area contributed by atoms with Crippen molar-refractivity contribution in [3.8, 4) is 17.2 Å². The molecule has 33 heavy (non-hydrogen) atoms. The number of nitrogens with zero attached hydrogens (tertiary/aromatic N) is 2. The fourth-order valence-electron chi connectivity index (χ4n) is 2.58. The molecule has 0 radical (unpaired) electrons. The molecule has 10 heteroatoms. The lowest BCUT2D eigenvalue weighted by Crippen LogP contribution is -1.92. The summed E-state index contributed by atoms with van der Waals surface area (Å²) in [6.45, 7) is 5.22. The highest BCUT2D eigenvalue weighted by atomic mass is 16.6. The first-order valence-corrected chi connectivity index (χ1v) is 9.63. The zero-order valence-electron chi connectivity index (χ0n) is 19.1. The van der Waals surface area contributed by atoms with Crippen LogP contribution in [0.5, 0.6) is 17.2 Å². The number of rotatable bonds is 4. The average Bonchev–Trinajstić information content (AvgIpc) is 2.76. The minimum absolute atomic E-state index is 0.0304. The first-order valence-electron chi connectivity index (χ1n) is 9.63. The van der Waals surface area contributed by atoms with Gasteiger partial charge in [0.15, 0.2) is 0 Å². The smallest absolute Gasteiger partial charge is 0.272 e. The molecule has 3 aromatic carbocycles. The molecule has 10 nitrogen and oxygen atoms in total. The molecule has 3 aromatic rings. The quantitative estimate of drug-likeness (QED) is 0.312. The third-order valence-electron chi connectivity index (χ3n) is 4.45. The molecule has 0 unspecified atom stereocenters. The number of phenolic OH excluding ortho intramolecular Hbond substituents is 1. The second kappa shape index (κ2) is 12.5. The SMILES string of the molecule is COc1ccc(N)c(C)c1.COc1ccc([N+](=O)[O-])c(C)c1.Cc1cc(O)ccc1[N+](=O)[O-]. The number of nitro groups is 2. The fourth-order valence-corrected chi connectivity index (χ4v) is 2.58. The van der Waals surface area contributed by atoms with Gasteiger partial charge in [0, 0.05) is 28.9 Å². The van der Waals surface area contributed by atoms with E-state index in [1.165, 1.54) is 31.4 Å². The molecule has 0 amide bonds. The van der Waals surface area contributed by atoms with Crippen LogP contribution in [0, 0.1) is 41.0 Å².